The van der Waals surface area contributed by atoms with Crippen molar-refractivity contribution >= 4 is 11.9 Å². The van der Waals surface area contributed by atoms with Gasteiger partial charge < -0.3 is 10.0 Å². The zero-order valence-electron chi connectivity index (χ0n) is 13.1. The summed E-state index contributed by atoms with van der Waals surface area (Å²) in [6.07, 6.45) is 5.47. The molecule has 1 N–H and O–H groups in total. The lowest BCUT2D eigenvalue weighted by molar-refractivity contribution is -0.149. The fourth-order valence-corrected chi connectivity index (χ4v) is 3.10. The summed E-state index contributed by atoms with van der Waals surface area (Å²) in [5.41, 5.74) is 0. The molecule has 1 amide bonds. The van der Waals surface area contributed by atoms with E-state index in [4.69, 9.17) is 0 Å². The van der Waals surface area contributed by atoms with Crippen LogP contribution in [0.25, 0.3) is 0 Å². The average molecular weight is 283 g/mol. The summed E-state index contributed by atoms with van der Waals surface area (Å²) in [4.78, 5) is 25.9. The summed E-state index contributed by atoms with van der Waals surface area (Å²) in [7, 11) is 0. The van der Waals surface area contributed by atoms with Crippen molar-refractivity contribution in [1.29, 1.82) is 0 Å². The van der Waals surface area contributed by atoms with Gasteiger partial charge >= 0.3 is 5.97 Å². The molecule has 0 spiro atoms. The fraction of sp³-hybridized carbons (Fsp3) is 0.875. The molecule has 1 rings (SSSR count). The summed E-state index contributed by atoms with van der Waals surface area (Å²) in [5, 5.41) is 9.31. The molecule has 4 nitrogen and oxygen atoms in total. The SMILES string of the molecule is CCCCN(CCCC)C(=O)C1CC(C)CC1C(=O)O. The molecule has 0 aromatic heterocycles. The highest BCUT2D eigenvalue weighted by atomic mass is 16.4. The van der Waals surface area contributed by atoms with Crippen LogP contribution in [0.1, 0.15) is 59.3 Å². The van der Waals surface area contributed by atoms with Crippen molar-refractivity contribution in [2.45, 2.75) is 59.3 Å². The summed E-state index contributed by atoms with van der Waals surface area (Å²) < 4.78 is 0. The van der Waals surface area contributed by atoms with Gasteiger partial charge in [-0.2, -0.15) is 0 Å². The van der Waals surface area contributed by atoms with Crippen LogP contribution in [0.2, 0.25) is 0 Å². The first kappa shape index (κ1) is 17.0. The van der Waals surface area contributed by atoms with Gasteiger partial charge in [0.2, 0.25) is 5.91 Å². The number of carbonyl (C=O) groups excluding carboxylic acids is 1. The van der Waals surface area contributed by atoms with Crippen molar-refractivity contribution < 1.29 is 14.7 Å². The number of carbonyl (C=O) groups is 2. The van der Waals surface area contributed by atoms with E-state index >= 15 is 0 Å². The van der Waals surface area contributed by atoms with Crippen molar-refractivity contribution in [2.75, 3.05) is 13.1 Å². The maximum absolute atomic E-state index is 12.7. The monoisotopic (exact) mass is 283 g/mol. The van der Waals surface area contributed by atoms with Gasteiger partial charge in [-0.15, -0.1) is 0 Å². The maximum Gasteiger partial charge on any atom is 0.307 e. The van der Waals surface area contributed by atoms with E-state index in [-0.39, 0.29) is 11.8 Å². The molecule has 0 bridgehead atoms. The van der Waals surface area contributed by atoms with Crippen LogP contribution >= 0.6 is 0 Å². The predicted molar refractivity (Wildman–Crippen MR) is 79.4 cm³/mol. The summed E-state index contributed by atoms with van der Waals surface area (Å²) in [5.74, 6) is -1.19. The van der Waals surface area contributed by atoms with Gasteiger partial charge in [0.25, 0.3) is 0 Å². The number of nitrogens with zero attached hydrogens (tertiary/aromatic N) is 1. The lowest BCUT2D eigenvalue weighted by Gasteiger charge is -2.27. The van der Waals surface area contributed by atoms with E-state index in [9.17, 15) is 14.7 Å². The van der Waals surface area contributed by atoms with Gasteiger partial charge in [-0.05, 0) is 31.6 Å². The minimum atomic E-state index is -0.807. The van der Waals surface area contributed by atoms with E-state index in [2.05, 4.69) is 13.8 Å². The highest BCUT2D eigenvalue weighted by Gasteiger charge is 2.42. The van der Waals surface area contributed by atoms with E-state index in [0.29, 0.717) is 12.3 Å². The first-order chi connectivity index (χ1) is 9.51. The van der Waals surface area contributed by atoms with Gasteiger partial charge in [0.15, 0.2) is 0 Å². The zero-order chi connectivity index (χ0) is 15.1. The van der Waals surface area contributed by atoms with Crippen LogP contribution in [0.3, 0.4) is 0 Å². The topological polar surface area (TPSA) is 57.6 Å². The predicted octanol–water partition coefficient (Wildman–Crippen LogP) is 3.16. The Bertz CT molecular complexity index is 322. The third-order valence-corrected chi connectivity index (χ3v) is 4.31. The lowest BCUT2D eigenvalue weighted by atomic mass is 9.94. The minimum Gasteiger partial charge on any atom is -0.481 e. The number of unbranched alkanes of at least 4 members (excludes halogenated alkanes) is 2. The number of aliphatic carboxylic acids is 1. The molecule has 1 aliphatic rings. The molecule has 116 valence electrons. The third-order valence-electron chi connectivity index (χ3n) is 4.31. The quantitative estimate of drug-likeness (QED) is 0.744. The van der Waals surface area contributed by atoms with E-state index in [0.717, 1.165) is 45.2 Å². The molecule has 3 atom stereocenters. The Hall–Kier alpha value is -1.06. The molecule has 0 saturated heterocycles. The molecule has 1 aliphatic carbocycles. The largest absolute Gasteiger partial charge is 0.481 e. The van der Waals surface area contributed by atoms with Gasteiger partial charge in [0.1, 0.15) is 0 Å². The highest BCUT2D eigenvalue weighted by Crippen LogP contribution is 2.37. The highest BCUT2D eigenvalue weighted by molar-refractivity contribution is 5.85. The molecule has 1 saturated carbocycles. The third kappa shape index (κ3) is 4.50. The lowest BCUT2D eigenvalue weighted by Crippen LogP contribution is -2.40. The molecule has 0 aliphatic heterocycles. The van der Waals surface area contributed by atoms with Crippen molar-refractivity contribution in [3.63, 3.8) is 0 Å². The van der Waals surface area contributed by atoms with Gasteiger partial charge in [0.05, 0.1) is 11.8 Å². The molecule has 0 radical (unpaired) electrons. The van der Waals surface area contributed by atoms with Crippen molar-refractivity contribution in [1.82, 2.24) is 4.90 Å². The number of hydrogen-bond acceptors (Lipinski definition) is 2. The van der Waals surface area contributed by atoms with Crippen LogP contribution in [0.4, 0.5) is 0 Å². The Morgan fingerprint density at radius 1 is 1.05 bits per heavy atom. The Kier molecular flexibility index (Phi) is 7.03. The van der Waals surface area contributed by atoms with E-state index in [1.54, 1.807) is 0 Å². The number of hydrogen-bond donors (Lipinski definition) is 1. The first-order valence-electron chi connectivity index (χ1n) is 8.02. The smallest absolute Gasteiger partial charge is 0.307 e. The molecule has 0 aromatic carbocycles. The van der Waals surface area contributed by atoms with Crippen LogP contribution in [0.15, 0.2) is 0 Å². The number of carboxylic acids is 1. The van der Waals surface area contributed by atoms with E-state index < -0.39 is 11.9 Å². The van der Waals surface area contributed by atoms with Gasteiger partial charge in [-0.25, -0.2) is 0 Å². The van der Waals surface area contributed by atoms with Crippen LogP contribution in [-0.4, -0.2) is 35.0 Å². The minimum absolute atomic E-state index is 0.0728. The number of carboxylic acid groups (broad SMARTS) is 1. The average Bonchev–Trinajstić information content (AvgIpc) is 2.80. The Balaban J connectivity index is 2.73. The van der Waals surface area contributed by atoms with Gasteiger partial charge in [-0.3, -0.25) is 9.59 Å². The summed E-state index contributed by atoms with van der Waals surface area (Å²) >= 11 is 0. The Morgan fingerprint density at radius 3 is 2.00 bits per heavy atom. The van der Waals surface area contributed by atoms with E-state index in [1.807, 2.05) is 11.8 Å². The van der Waals surface area contributed by atoms with Crippen molar-refractivity contribution in [2.24, 2.45) is 17.8 Å². The molecular weight excluding hydrogens is 254 g/mol. The van der Waals surface area contributed by atoms with Crippen LogP contribution < -0.4 is 0 Å². The second-order valence-corrected chi connectivity index (χ2v) is 6.16. The molecule has 0 heterocycles. The summed E-state index contributed by atoms with van der Waals surface area (Å²) in [6.45, 7) is 7.81. The maximum atomic E-state index is 12.7. The summed E-state index contributed by atoms with van der Waals surface area (Å²) in [6, 6.07) is 0. The number of amides is 1. The van der Waals surface area contributed by atoms with Crippen LogP contribution in [-0.2, 0) is 9.59 Å². The van der Waals surface area contributed by atoms with Crippen molar-refractivity contribution in [3.05, 3.63) is 0 Å². The Morgan fingerprint density at radius 2 is 1.55 bits per heavy atom. The van der Waals surface area contributed by atoms with Gasteiger partial charge in [-0.1, -0.05) is 33.6 Å². The Labute approximate surface area is 122 Å². The first-order valence-corrected chi connectivity index (χ1v) is 8.02. The molecule has 4 heteroatoms. The molecule has 1 fully saturated rings. The molecule has 20 heavy (non-hydrogen) atoms. The number of rotatable bonds is 8. The second kappa shape index (κ2) is 8.28. The molecule has 3 unspecified atom stereocenters. The normalized spacial score (nSPS) is 25.6. The standard InChI is InChI=1S/C16H29NO3/c1-4-6-8-17(9-7-5-2)15(18)13-10-12(3)11-14(13)16(19)20/h12-14H,4-11H2,1-3H3,(H,19,20). The zero-order valence-corrected chi connectivity index (χ0v) is 13.1. The van der Waals surface area contributed by atoms with Crippen molar-refractivity contribution in [3.8, 4) is 0 Å². The van der Waals surface area contributed by atoms with Crippen LogP contribution in [0, 0.1) is 17.8 Å². The molecule has 0 aromatic rings. The van der Waals surface area contributed by atoms with E-state index in [1.165, 1.54) is 0 Å². The molecular formula is C16H29NO3. The van der Waals surface area contributed by atoms with Crippen LogP contribution in [0.5, 0.6) is 0 Å². The second-order valence-electron chi connectivity index (χ2n) is 6.16. The van der Waals surface area contributed by atoms with Gasteiger partial charge in [0, 0.05) is 13.1 Å². The fourth-order valence-electron chi connectivity index (χ4n) is 3.10.